The molecule has 0 N–H and O–H groups in total. The second-order valence-corrected chi connectivity index (χ2v) is 3.58. The number of halogens is 3. The fourth-order valence-electron chi connectivity index (χ4n) is 0.650. The minimum Gasteiger partial charge on any atom is -0.206 e. The smallest absolute Gasteiger partial charge is 0.141 e. The minimum absolute atomic E-state index is 0.102. The molecule has 1 rings (SSSR count). The van der Waals surface area contributed by atoms with Gasteiger partial charge in [-0.3, -0.25) is 0 Å². The lowest BCUT2D eigenvalue weighted by Crippen LogP contribution is -1.84. The molecule has 0 saturated heterocycles. The van der Waals surface area contributed by atoms with Crippen molar-refractivity contribution in [1.29, 1.82) is 0 Å². The molecular formula is C7H5BrF2S. The van der Waals surface area contributed by atoms with Crippen molar-refractivity contribution >= 4 is 27.7 Å². The van der Waals surface area contributed by atoms with E-state index in [1.54, 1.807) is 6.26 Å². The third-order valence-corrected chi connectivity index (χ3v) is 2.66. The van der Waals surface area contributed by atoms with Crippen molar-refractivity contribution in [2.45, 2.75) is 4.90 Å². The molecule has 0 saturated carbocycles. The van der Waals surface area contributed by atoms with E-state index >= 15 is 0 Å². The molecule has 0 fully saturated rings. The van der Waals surface area contributed by atoms with Gasteiger partial charge < -0.3 is 0 Å². The van der Waals surface area contributed by atoms with E-state index < -0.39 is 11.6 Å². The summed E-state index contributed by atoms with van der Waals surface area (Å²) in [6.07, 6.45) is 1.77. The Hall–Kier alpha value is -0.0900. The molecule has 1 aromatic carbocycles. The molecule has 0 amide bonds. The van der Waals surface area contributed by atoms with E-state index in [1.807, 2.05) is 0 Å². The van der Waals surface area contributed by atoms with Gasteiger partial charge in [0.1, 0.15) is 11.6 Å². The van der Waals surface area contributed by atoms with E-state index in [-0.39, 0.29) is 4.47 Å². The van der Waals surface area contributed by atoms with Gasteiger partial charge in [-0.05, 0) is 34.3 Å². The van der Waals surface area contributed by atoms with E-state index in [9.17, 15) is 8.78 Å². The predicted octanol–water partition coefficient (Wildman–Crippen LogP) is 3.45. The first kappa shape index (κ1) is 9.00. The molecule has 0 atom stereocenters. The van der Waals surface area contributed by atoms with Crippen LogP contribution in [0.4, 0.5) is 8.78 Å². The normalized spacial score (nSPS) is 10.2. The molecule has 60 valence electrons. The number of thioether (sulfide) groups is 1. The molecule has 0 spiro atoms. The largest absolute Gasteiger partial charge is 0.206 e. The van der Waals surface area contributed by atoms with Crippen LogP contribution in [-0.4, -0.2) is 6.26 Å². The van der Waals surface area contributed by atoms with Crippen molar-refractivity contribution in [2.75, 3.05) is 6.26 Å². The number of hydrogen-bond donors (Lipinski definition) is 0. The Morgan fingerprint density at radius 2 is 1.73 bits per heavy atom. The summed E-state index contributed by atoms with van der Waals surface area (Å²) in [5.41, 5.74) is 0. The zero-order chi connectivity index (χ0) is 8.43. The van der Waals surface area contributed by atoms with Crippen LogP contribution in [0.25, 0.3) is 0 Å². The van der Waals surface area contributed by atoms with Crippen molar-refractivity contribution in [3.8, 4) is 0 Å². The van der Waals surface area contributed by atoms with Crippen molar-refractivity contribution in [3.63, 3.8) is 0 Å². The average Bonchev–Trinajstić information content (AvgIpc) is 1.99. The highest BCUT2D eigenvalue weighted by atomic mass is 79.9. The van der Waals surface area contributed by atoms with Gasteiger partial charge in [0.15, 0.2) is 0 Å². The van der Waals surface area contributed by atoms with Crippen LogP contribution < -0.4 is 0 Å². The van der Waals surface area contributed by atoms with E-state index in [0.29, 0.717) is 4.90 Å². The molecule has 0 aromatic heterocycles. The van der Waals surface area contributed by atoms with Gasteiger partial charge in [-0.1, -0.05) is 0 Å². The van der Waals surface area contributed by atoms with Crippen molar-refractivity contribution < 1.29 is 8.78 Å². The Bertz CT molecular complexity index is 252. The van der Waals surface area contributed by atoms with Gasteiger partial charge in [-0.25, -0.2) is 8.78 Å². The Morgan fingerprint density at radius 3 is 2.09 bits per heavy atom. The molecule has 0 radical (unpaired) electrons. The van der Waals surface area contributed by atoms with Gasteiger partial charge in [0, 0.05) is 4.90 Å². The third kappa shape index (κ3) is 1.93. The summed E-state index contributed by atoms with van der Waals surface area (Å²) in [7, 11) is 0. The molecule has 11 heavy (non-hydrogen) atoms. The standard InChI is InChI=1S/C7H5BrF2S/c1-11-4-2-5(9)7(8)6(10)3-4/h2-3H,1H3. The molecule has 0 aliphatic carbocycles. The molecule has 1 aromatic rings. The van der Waals surface area contributed by atoms with Crippen LogP contribution in [0.3, 0.4) is 0 Å². The first-order valence-electron chi connectivity index (χ1n) is 2.83. The maximum Gasteiger partial charge on any atom is 0.141 e. The highest BCUT2D eigenvalue weighted by Gasteiger charge is 2.06. The lowest BCUT2D eigenvalue weighted by atomic mass is 10.3. The molecule has 0 bridgehead atoms. The Balaban J connectivity index is 3.21. The first-order valence-corrected chi connectivity index (χ1v) is 4.85. The quantitative estimate of drug-likeness (QED) is 0.534. The second-order valence-electron chi connectivity index (χ2n) is 1.91. The van der Waals surface area contributed by atoms with E-state index in [4.69, 9.17) is 0 Å². The minimum atomic E-state index is -0.561. The summed E-state index contributed by atoms with van der Waals surface area (Å²) < 4.78 is 25.4. The predicted molar refractivity (Wildman–Crippen MR) is 45.8 cm³/mol. The number of benzene rings is 1. The highest BCUT2D eigenvalue weighted by Crippen LogP contribution is 2.25. The van der Waals surface area contributed by atoms with Crippen molar-refractivity contribution in [2.24, 2.45) is 0 Å². The molecule has 0 aliphatic rings. The fourth-order valence-corrected chi connectivity index (χ4v) is 1.32. The van der Waals surface area contributed by atoms with Crippen LogP contribution in [-0.2, 0) is 0 Å². The van der Waals surface area contributed by atoms with Gasteiger partial charge in [0.2, 0.25) is 0 Å². The maximum atomic E-state index is 12.7. The molecule has 0 aliphatic heterocycles. The van der Waals surface area contributed by atoms with E-state index in [2.05, 4.69) is 15.9 Å². The third-order valence-electron chi connectivity index (χ3n) is 1.19. The lowest BCUT2D eigenvalue weighted by Gasteiger charge is -1.99. The van der Waals surface area contributed by atoms with Crippen LogP contribution >= 0.6 is 27.7 Å². The monoisotopic (exact) mass is 238 g/mol. The zero-order valence-corrected chi connectivity index (χ0v) is 8.10. The number of hydrogen-bond acceptors (Lipinski definition) is 1. The number of rotatable bonds is 1. The summed E-state index contributed by atoms with van der Waals surface area (Å²) in [5.74, 6) is -1.12. The molecule has 0 nitrogen and oxygen atoms in total. The Morgan fingerprint density at radius 1 is 1.27 bits per heavy atom. The van der Waals surface area contributed by atoms with Gasteiger partial charge in [-0.2, -0.15) is 0 Å². The van der Waals surface area contributed by atoms with E-state index in [1.165, 1.54) is 23.9 Å². The average molecular weight is 239 g/mol. The molecule has 0 heterocycles. The van der Waals surface area contributed by atoms with Crippen LogP contribution in [0.15, 0.2) is 21.5 Å². The first-order chi connectivity index (χ1) is 5.15. The van der Waals surface area contributed by atoms with Gasteiger partial charge >= 0.3 is 0 Å². The topological polar surface area (TPSA) is 0 Å². The highest BCUT2D eigenvalue weighted by molar-refractivity contribution is 9.10. The van der Waals surface area contributed by atoms with Crippen LogP contribution in [0.2, 0.25) is 0 Å². The summed E-state index contributed by atoms with van der Waals surface area (Å²) in [6, 6.07) is 2.58. The molecule has 4 heteroatoms. The summed E-state index contributed by atoms with van der Waals surface area (Å²) >= 11 is 4.09. The maximum absolute atomic E-state index is 12.7. The van der Waals surface area contributed by atoms with Crippen molar-refractivity contribution in [3.05, 3.63) is 28.2 Å². The van der Waals surface area contributed by atoms with Gasteiger partial charge in [0.05, 0.1) is 4.47 Å². The van der Waals surface area contributed by atoms with Gasteiger partial charge in [-0.15, -0.1) is 11.8 Å². The Kier molecular flexibility index (Phi) is 2.90. The van der Waals surface area contributed by atoms with Crippen LogP contribution in [0.5, 0.6) is 0 Å². The van der Waals surface area contributed by atoms with Gasteiger partial charge in [0.25, 0.3) is 0 Å². The molecule has 0 unspecified atom stereocenters. The van der Waals surface area contributed by atoms with Crippen LogP contribution in [0.1, 0.15) is 0 Å². The summed E-state index contributed by atoms with van der Waals surface area (Å²) in [4.78, 5) is 0.586. The van der Waals surface area contributed by atoms with Crippen molar-refractivity contribution in [1.82, 2.24) is 0 Å². The van der Waals surface area contributed by atoms with E-state index in [0.717, 1.165) is 0 Å². The zero-order valence-electron chi connectivity index (χ0n) is 5.70. The summed E-state index contributed by atoms with van der Waals surface area (Å²) in [5, 5.41) is 0. The summed E-state index contributed by atoms with van der Waals surface area (Å²) in [6.45, 7) is 0. The SMILES string of the molecule is CSc1cc(F)c(Br)c(F)c1. The lowest BCUT2D eigenvalue weighted by molar-refractivity contribution is 0.566. The molecular weight excluding hydrogens is 234 g/mol. The second kappa shape index (κ2) is 3.54. The Labute approximate surface area is 76.1 Å². The fraction of sp³-hybridized carbons (Fsp3) is 0.143. The van der Waals surface area contributed by atoms with Crippen LogP contribution in [0, 0.1) is 11.6 Å².